The van der Waals surface area contributed by atoms with Gasteiger partial charge in [-0.2, -0.15) is 0 Å². The lowest BCUT2D eigenvalue weighted by atomic mass is 10.2. The number of nitrogen functional groups attached to an aromatic ring is 1. The molecule has 0 fully saturated rings. The molecule has 5 nitrogen and oxygen atoms in total. The zero-order valence-corrected chi connectivity index (χ0v) is 11.7. The summed E-state index contributed by atoms with van der Waals surface area (Å²) >= 11 is 0. The van der Waals surface area contributed by atoms with E-state index in [9.17, 15) is 4.79 Å². The Morgan fingerprint density at radius 2 is 2.20 bits per heavy atom. The number of hydrogen-bond donors (Lipinski definition) is 2. The Labute approximate surface area is 118 Å². The number of amides is 1. The fourth-order valence-electron chi connectivity index (χ4n) is 2.06. The van der Waals surface area contributed by atoms with Gasteiger partial charge in [-0.15, -0.1) is 0 Å². The van der Waals surface area contributed by atoms with Crippen LogP contribution in [-0.4, -0.2) is 17.6 Å². The van der Waals surface area contributed by atoms with Gasteiger partial charge >= 0.3 is 0 Å². The molecule has 0 aliphatic rings. The number of aromatic nitrogens is 1. The highest BCUT2D eigenvalue weighted by Gasteiger charge is 2.11. The van der Waals surface area contributed by atoms with Gasteiger partial charge in [-0.3, -0.25) is 4.79 Å². The second kappa shape index (κ2) is 6.14. The molecule has 1 aromatic carbocycles. The fourth-order valence-corrected chi connectivity index (χ4v) is 2.06. The minimum atomic E-state index is -0.145. The topological polar surface area (TPSA) is 69.3 Å². The van der Waals surface area contributed by atoms with Crippen LogP contribution in [0.15, 0.2) is 36.5 Å². The Morgan fingerprint density at radius 1 is 1.40 bits per heavy atom. The molecule has 106 valence electrons. The van der Waals surface area contributed by atoms with Crippen molar-refractivity contribution >= 4 is 17.3 Å². The van der Waals surface area contributed by atoms with E-state index in [1.165, 1.54) is 0 Å². The standard InChI is InChI=1S/C15H19N3O2/c1-3-8-18-9-4-5-13(18)15(19)17-11-6-7-14(20-2)12(16)10-11/h4-7,9-10H,3,8,16H2,1-2H3,(H,17,19). The van der Waals surface area contributed by atoms with E-state index in [1.807, 2.05) is 16.8 Å². The number of rotatable bonds is 5. The number of hydrogen-bond acceptors (Lipinski definition) is 3. The van der Waals surface area contributed by atoms with Crippen LogP contribution in [-0.2, 0) is 6.54 Å². The second-order valence-electron chi connectivity index (χ2n) is 4.50. The Kier molecular flexibility index (Phi) is 4.30. The van der Waals surface area contributed by atoms with Gasteiger partial charge in [0.1, 0.15) is 11.4 Å². The first-order valence-corrected chi connectivity index (χ1v) is 6.55. The molecule has 0 aliphatic carbocycles. The summed E-state index contributed by atoms with van der Waals surface area (Å²) in [6.45, 7) is 2.90. The second-order valence-corrected chi connectivity index (χ2v) is 4.50. The zero-order chi connectivity index (χ0) is 14.5. The van der Waals surface area contributed by atoms with Gasteiger partial charge in [-0.05, 0) is 36.8 Å². The van der Waals surface area contributed by atoms with E-state index in [1.54, 1.807) is 31.4 Å². The number of anilines is 2. The molecule has 0 saturated heterocycles. The van der Waals surface area contributed by atoms with Crippen molar-refractivity contribution in [3.8, 4) is 5.75 Å². The first-order chi connectivity index (χ1) is 9.65. The molecule has 1 amide bonds. The zero-order valence-electron chi connectivity index (χ0n) is 11.7. The highest BCUT2D eigenvalue weighted by atomic mass is 16.5. The van der Waals surface area contributed by atoms with Crippen LogP contribution in [0.1, 0.15) is 23.8 Å². The third kappa shape index (κ3) is 2.93. The van der Waals surface area contributed by atoms with Crippen molar-refractivity contribution in [2.24, 2.45) is 0 Å². The van der Waals surface area contributed by atoms with E-state index in [-0.39, 0.29) is 5.91 Å². The van der Waals surface area contributed by atoms with E-state index in [0.717, 1.165) is 13.0 Å². The highest BCUT2D eigenvalue weighted by Crippen LogP contribution is 2.24. The molecule has 20 heavy (non-hydrogen) atoms. The third-order valence-electron chi connectivity index (χ3n) is 3.01. The Balaban J connectivity index is 2.15. The van der Waals surface area contributed by atoms with Crippen LogP contribution < -0.4 is 15.8 Å². The van der Waals surface area contributed by atoms with Crippen molar-refractivity contribution < 1.29 is 9.53 Å². The van der Waals surface area contributed by atoms with Gasteiger partial charge in [-0.1, -0.05) is 6.92 Å². The van der Waals surface area contributed by atoms with E-state index in [2.05, 4.69) is 12.2 Å². The molecule has 0 saturated carbocycles. The lowest BCUT2D eigenvalue weighted by molar-refractivity contribution is 0.101. The Hall–Kier alpha value is -2.43. The highest BCUT2D eigenvalue weighted by molar-refractivity contribution is 6.03. The molecule has 1 heterocycles. The van der Waals surface area contributed by atoms with Crippen molar-refractivity contribution in [3.05, 3.63) is 42.2 Å². The summed E-state index contributed by atoms with van der Waals surface area (Å²) in [5.41, 5.74) is 7.61. The monoisotopic (exact) mass is 273 g/mol. The van der Waals surface area contributed by atoms with Gasteiger partial charge in [-0.25, -0.2) is 0 Å². The van der Waals surface area contributed by atoms with E-state index < -0.39 is 0 Å². The summed E-state index contributed by atoms with van der Waals surface area (Å²) in [5.74, 6) is 0.449. The first kappa shape index (κ1) is 14.0. The van der Waals surface area contributed by atoms with Crippen LogP contribution in [0.3, 0.4) is 0 Å². The van der Waals surface area contributed by atoms with Crippen molar-refractivity contribution in [3.63, 3.8) is 0 Å². The number of carbonyl (C=O) groups is 1. The molecule has 2 aromatic rings. The van der Waals surface area contributed by atoms with Gasteiger partial charge < -0.3 is 20.4 Å². The number of aryl methyl sites for hydroxylation is 1. The van der Waals surface area contributed by atoms with Crippen LogP contribution in [0, 0.1) is 0 Å². The van der Waals surface area contributed by atoms with Crippen molar-refractivity contribution in [2.45, 2.75) is 19.9 Å². The molecule has 2 rings (SSSR count). The van der Waals surface area contributed by atoms with Gasteiger partial charge in [0.05, 0.1) is 12.8 Å². The lowest BCUT2D eigenvalue weighted by Crippen LogP contribution is -2.16. The molecule has 0 aliphatic heterocycles. The fraction of sp³-hybridized carbons (Fsp3) is 0.267. The predicted molar refractivity (Wildman–Crippen MR) is 80.1 cm³/mol. The van der Waals surface area contributed by atoms with Gasteiger partial charge in [0, 0.05) is 18.4 Å². The van der Waals surface area contributed by atoms with Gasteiger partial charge in [0.25, 0.3) is 5.91 Å². The predicted octanol–water partition coefficient (Wildman–Crippen LogP) is 2.74. The Morgan fingerprint density at radius 3 is 2.85 bits per heavy atom. The summed E-state index contributed by atoms with van der Waals surface area (Å²) in [5, 5.41) is 2.84. The third-order valence-corrected chi connectivity index (χ3v) is 3.01. The normalized spacial score (nSPS) is 10.3. The Bertz CT molecular complexity index is 605. The number of methoxy groups -OCH3 is 1. The molecule has 3 N–H and O–H groups in total. The van der Waals surface area contributed by atoms with E-state index in [4.69, 9.17) is 10.5 Å². The number of benzene rings is 1. The van der Waals surface area contributed by atoms with Crippen molar-refractivity contribution in [1.82, 2.24) is 4.57 Å². The van der Waals surface area contributed by atoms with Gasteiger partial charge in [0.2, 0.25) is 0 Å². The van der Waals surface area contributed by atoms with Crippen LogP contribution in [0.25, 0.3) is 0 Å². The van der Waals surface area contributed by atoms with E-state index in [0.29, 0.717) is 22.8 Å². The average Bonchev–Trinajstić information content (AvgIpc) is 2.88. The summed E-state index contributed by atoms with van der Waals surface area (Å²) in [4.78, 5) is 12.2. The van der Waals surface area contributed by atoms with E-state index >= 15 is 0 Å². The van der Waals surface area contributed by atoms with Crippen LogP contribution in [0.5, 0.6) is 5.75 Å². The van der Waals surface area contributed by atoms with Crippen LogP contribution in [0.4, 0.5) is 11.4 Å². The molecular weight excluding hydrogens is 254 g/mol. The molecule has 0 atom stereocenters. The maximum atomic E-state index is 12.2. The lowest BCUT2D eigenvalue weighted by Gasteiger charge is -2.10. The summed E-state index contributed by atoms with van der Waals surface area (Å²) in [7, 11) is 1.56. The minimum absolute atomic E-state index is 0.145. The maximum absolute atomic E-state index is 12.2. The minimum Gasteiger partial charge on any atom is -0.495 e. The number of ether oxygens (including phenoxy) is 1. The summed E-state index contributed by atoms with van der Waals surface area (Å²) in [6.07, 6.45) is 2.88. The number of nitrogens with zero attached hydrogens (tertiary/aromatic N) is 1. The quantitative estimate of drug-likeness (QED) is 0.823. The smallest absolute Gasteiger partial charge is 0.272 e. The molecule has 0 spiro atoms. The summed E-state index contributed by atoms with van der Waals surface area (Å²) in [6, 6.07) is 8.85. The molecule has 0 radical (unpaired) electrons. The molecule has 0 unspecified atom stereocenters. The van der Waals surface area contributed by atoms with Crippen molar-refractivity contribution in [1.29, 1.82) is 0 Å². The number of nitrogens with two attached hydrogens (primary N) is 1. The van der Waals surface area contributed by atoms with Gasteiger partial charge in [0.15, 0.2) is 0 Å². The van der Waals surface area contributed by atoms with Crippen LogP contribution >= 0.6 is 0 Å². The average molecular weight is 273 g/mol. The number of carbonyl (C=O) groups excluding carboxylic acids is 1. The molecule has 1 aromatic heterocycles. The SMILES string of the molecule is CCCn1cccc1C(=O)Nc1ccc(OC)c(N)c1. The first-order valence-electron chi connectivity index (χ1n) is 6.55. The largest absolute Gasteiger partial charge is 0.495 e. The van der Waals surface area contributed by atoms with Crippen molar-refractivity contribution in [2.75, 3.05) is 18.2 Å². The molecular formula is C15H19N3O2. The summed E-state index contributed by atoms with van der Waals surface area (Å²) < 4.78 is 7.02. The maximum Gasteiger partial charge on any atom is 0.272 e. The van der Waals surface area contributed by atoms with Crippen LogP contribution in [0.2, 0.25) is 0 Å². The molecule has 0 bridgehead atoms. The number of nitrogens with one attached hydrogen (secondary N) is 1. The molecule has 5 heteroatoms.